The highest BCUT2D eigenvalue weighted by Crippen LogP contribution is 2.31. The van der Waals surface area contributed by atoms with Gasteiger partial charge in [0.1, 0.15) is 5.69 Å². The van der Waals surface area contributed by atoms with E-state index >= 15 is 0 Å². The average molecular weight is 419 g/mol. The Morgan fingerprint density at radius 2 is 2.00 bits per heavy atom. The Balaban J connectivity index is 1.60. The molecule has 0 aromatic heterocycles. The lowest BCUT2D eigenvalue weighted by Crippen LogP contribution is -2.45. The van der Waals surface area contributed by atoms with E-state index in [2.05, 4.69) is 19.2 Å². The summed E-state index contributed by atoms with van der Waals surface area (Å²) in [6.07, 6.45) is 3.14. The lowest BCUT2D eigenvalue weighted by atomic mass is 9.78. The first kappa shape index (κ1) is 22.0. The third kappa shape index (κ3) is 5.27. The van der Waals surface area contributed by atoms with Crippen LogP contribution in [0.5, 0.6) is 0 Å². The summed E-state index contributed by atoms with van der Waals surface area (Å²) in [7, 11) is 0. The number of nitro benzene ring substituents is 1. The molecule has 1 saturated heterocycles. The van der Waals surface area contributed by atoms with Gasteiger partial charge in [0.05, 0.1) is 23.7 Å². The van der Waals surface area contributed by atoms with E-state index in [0.717, 1.165) is 19.3 Å². The monoisotopic (exact) mass is 419 g/mol. The van der Waals surface area contributed by atoms with Gasteiger partial charge in [0.25, 0.3) is 11.6 Å². The van der Waals surface area contributed by atoms with Crippen LogP contribution < -0.4 is 10.2 Å². The normalized spacial score (nSPS) is 24.2. The molecule has 1 heterocycles. The van der Waals surface area contributed by atoms with Crippen LogP contribution in [0.15, 0.2) is 18.2 Å². The van der Waals surface area contributed by atoms with Gasteiger partial charge in [-0.15, -0.1) is 0 Å². The third-order valence-electron chi connectivity index (χ3n) is 6.15. The number of benzene rings is 1. The minimum absolute atomic E-state index is 0.0474. The van der Waals surface area contributed by atoms with Gasteiger partial charge in [0.2, 0.25) is 0 Å². The average Bonchev–Trinajstić information content (AvgIpc) is 2.75. The topological polar surface area (TPSA) is 111 Å². The predicted octanol–water partition coefficient (Wildman–Crippen LogP) is 2.53. The fraction of sp³-hybridized carbons (Fsp3) is 0.619. The molecule has 1 aliphatic heterocycles. The number of amides is 1. The van der Waals surface area contributed by atoms with Gasteiger partial charge in [0, 0.05) is 25.2 Å². The minimum Gasteiger partial charge on any atom is -0.452 e. The lowest BCUT2D eigenvalue weighted by Gasteiger charge is -2.34. The first-order valence-corrected chi connectivity index (χ1v) is 10.4. The van der Waals surface area contributed by atoms with E-state index < -0.39 is 17.5 Å². The fourth-order valence-electron chi connectivity index (χ4n) is 4.12. The summed E-state index contributed by atoms with van der Waals surface area (Å²) in [5, 5.41) is 14.5. The summed E-state index contributed by atoms with van der Waals surface area (Å²) in [6, 6.07) is 4.32. The SMILES string of the molecule is C[C@H]1[C@@H](NC(=O)COC(=O)c2ccc(N3CCOCC3)c([N+](=O)[O-])c2)CCC[C@@H]1C. The maximum Gasteiger partial charge on any atom is 0.338 e. The zero-order chi connectivity index (χ0) is 21.7. The summed E-state index contributed by atoms with van der Waals surface area (Å²) >= 11 is 0. The second-order valence-corrected chi connectivity index (χ2v) is 8.08. The van der Waals surface area contributed by atoms with Crippen LogP contribution in [0.4, 0.5) is 11.4 Å². The van der Waals surface area contributed by atoms with Crippen molar-refractivity contribution in [3.8, 4) is 0 Å². The van der Waals surface area contributed by atoms with Crippen LogP contribution in [0.3, 0.4) is 0 Å². The number of esters is 1. The number of morpholine rings is 1. The van der Waals surface area contributed by atoms with E-state index in [1.807, 2.05) is 4.90 Å². The number of carbonyl (C=O) groups excluding carboxylic acids is 2. The molecule has 0 bridgehead atoms. The molecule has 1 amide bonds. The van der Waals surface area contributed by atoms with Crippen LogP contribution in [-0.4, -0.2) is 55.8 Å². The smallest absolute Gasteiger partial charge is 0.338 e. The van der Waals surface area contributed by atoms with Crippen molar-refractivity contribution in [3.63, 3.8) is 0 Å². The minimum atomic E-state index is -0.758. The van der Waals surface area contributed by atoms with Crippen LogP contribution in [0.2, 0.25) is 0 Å². The van der Waals surface area contributed by atoms with E-state index in [9.17, 15) is 19.7 Å². The molecule has 164 valence electrons. The van der Waals surface area contributed by atoms with E-state index in [1.54, 1.807) is 6.07 Å². The number of nitrogens with zero attached hydrogens (tertiary/aromatic N) is 2. The number of nitro groups is 1. The first-order chi connectivity index (χ1) is 14.4. The first-order valence-electron chi connectivity index (χ1n) is 10.4. The van der Waals surface area contributed by atoms with Crippen LogP contribution >= 0.6 is 0 Å². The second kappa shape index (κ2) is 9.88. The van der Waals surface area contributed by atoms with Crippen LogP contribution in [0.25, 0.3) is 0 Å². The largest absolute Gasteiger partial charge is 0.452 e. The molecule has 1 aromatic rings. The highest BCUT2D eigenvalue weighted by atomic mass is 16.6. The Morgan fingerprint density at radius 1 is 1.27 bits per heavy atom. The third-order valence-corrected chi connectivity index (χ3v) is 6.15. The molecule has 1 aliphatic carbocycles. The molecule has 2 fully saturated rings. The maximum absolute atomic E-state index is 12.4. The molecule has 2 aliphatic rings. The highest BCUT2D eigenvalue weighted by molar-refractivity contribution is 5.93. The summed E-state index contributed by atoms with van der Waals surface area (Å²) in [4.78, 5) is 37.4. The summed E-state index contributed by atoms with van der Waals surface area (Å²) in [5.41, 5.74) is 0.324. The van der Waals surface area contributed by atoms with Crippen LogP contribution in [0.1, 0.15) is 43.5 Å². The van der Waals surface area contributed by atoms with Crippen LogP contribution in [0, 0.1) is 22.0 Å². The van der Waals surface area contributed by atoms with Gasteiger partial charge in [-0.05, 0) is 30.4 Å². The van der Waals surface area contributed by atoms with Crippen molar-refractivity contribution in [1.82, 2.24) is 5.32 Å². The van der Waals surface area contributed by atoms with Crippen molar-refractivity contribution < 1.29 is 24.0 Å². The molecule has 0 radical (unpaired) electrons. The van der Waals surface area contributed by atoms with Crippen molar-refractivity contribution in [2.45, 2.75) is 39.2 Å². The molecular weight excluding hydrogens is 390 g/mol. The number of rotatable bonds is 6. The molecular formula is C21H29N3O6. The zero-order valence-corrected chi connectivity index (χ0v) is 17.5. The molecule has 1 saturated carbocycles. The molecule has 3 atom stereocenters. The molecule has 1 aromatic carbocycles. The molecule has 9 nitrogen and oxygen atoms in total. The lowest BCUT2D eigenvalue weighted by molar-refractivity contribution is -0.384. The maximum atomic E-state index is 12.4. The van der Waals surface area contributed by atoms with Gasteiger partial charge in [-0.3, -0.25) is 14.9 Å². The van der Waals surface area contributed by atoms with Gasteiger partial charge in [-0.2, -0.15) is 0 Å². The molecule has 0 spiro atoms. The fourth-order valence-corrected chi connectivity index (χ4v) is 4.12. The van der Waals surface area contributed by atoms with E-state index in [-0.39, 0.29) is 23.2 Å². The van der Waals surface area contributed by atoms with Crippen molar-refractivity contribution in [3.05, 3.63) is 33.9 Å². The standard InChI is InChI=1S/C21H29N3O6/c1-14-4-3-5-17(15(14)2)22-20(25)13-30-21(26)16-6-7-18(19(12-16)24(27)28)23-8-10-29-11-9-23/h6-7,12,14-15,17H,3-5,8-11,13H2,1-2H3,(H,22,25)/t14-,15+,17-/m0/s1. The molecule has 3 rings (SSSR count). The second-order valence-electron chi connectivity index (χ2n) is 8.08. The highest BCUT2D eigenvalue weighted by Gasteiger charge is 2.28. The van der Waals surface area contributed by atoms with Gasteiger partial charge >= 0.3 is 5.97 Å². The molecule has 1 N–H and O–H groups in total. The Kier molecular flexibility index (Phi) is 7.25. The van der Waals surface area contributed by atoms with Crippen LogP contribution in [-0.2, 0) is 14.3 Å². The van der Waals surface area contributed by atoms with Gasteiger partial charge in [-0.25, -0.2) is 4.79 Å². The molecule has 0 unspecified atom stereocenters. The Bertz CT molecular complexity index is 793. The van der Waals surface area contributed by atoms with Crippen molar-refractivity contribution in [2.75, 3.05) is 37.8 Å². The van der Waals surface area contributed by atoms with E-state index in [0.29, 0.717) is 43.8 Å². The number of nitrogens with one attached hydrogen (secondary N) is 1. The number of ether oxygens (including phenoxy) is 2. The van der Waals surface area contributed by atoms with Crippen molar-refractivity contribution in [2.24, 2.45) is 11.8 Å². The molecule has 30 heavy (non-hydrogen) atoms. The van der Waals surface area contributed by atoms with Crippen molar-refractivity contribution in [1.29, 1.82) is 0 Å². The number of carbonyl (C=O) groups is 2. The summed E-state index contributed by atoms with van der Waals surface area (Å²) in [6.45, 7) is 5.97. The Hall–Kier alpha value is -2.68. The van der Waals surface area contributed by atoms with Gasteiger partial charge < -0.3 is 19.7 Å². The quantitative estimate of drug-likeness (QED) is 0.428. The number of anilines is 1. The van der Waals surface area contributed by atoms with Crippen molar-refractivity contribution >= 4 is 23.3 Å². The number of hydrogen-bond acceptors (Lipinski definition) is 7. The van der Waals surface area contributed by atoms with E-state index in [1.165, 1.54) is 12.1 Å². The predicted molar refractivity (Wildman–Crippen MR) is 111 cm³/mol. The summed E-state index contributed by atoms with van der Waals surface area (Å²) < 4.78 is 10.4. The molecule has 9 heteroatoms. The zero-order valence-electron chi connectivity index (χ0n) is 17.5. The van der Waals surface area contributed by atoms with E-state index in [4.69, 9.17) is 9.47 Å². The summed E-state index contributed by atoms with van der Waals surface area (Å²) in [5.74, 6) is -0.202. The van der Waals surface area contributed by atoms with Gasteiger partial charge in [0.15, 0.2) is 6.61 Å². The van der Waals surface area contributed by atoms with Gasteiger partial charge in [-0.1, -0.05) is 26.7 Å². The Labute approximate surface area is 175 Å². The Morgan fingerprint density at radius 3 is 2.70 bits per heavy atom. The number of hydrogen-bond donors (Lipinski definition) is 1.